The summed E-state index contributed by atoms with van der Waals surface area (Å²) in [5.41, 5.74) is 2.43. The highest BCUT2D eigenvalue weighted by Gasteiger charge is 2.04. The zero-order valence-corrected chi connectivity index (χ0v) is 9.74. The van der Waals surface area contributed by atoms with Gasteiger partial charge >= 0.3 is 0 Å². The first-order chi connectivity index (χ1) is 8.16. The fraction of sp³-hybridized carbons (Fsp3) is 0.143. The first-order valence-electron chi connectivity index (χ1n) is 5.13. The van der Waals surface area contributed by atoms with Gasteiger partial charge in [0.05, 0.1) is 0 Å². The lowest BCUT2D eigenvalue weighted by atomic mass is 10.0. The van der Waals surface area contributed by atoms with Crippen LogP contribution in [0.25, 0.3) is 11.1 Å². The number of halogens is 2. The van der Waals surface area contributed by atoms with Crippen molar-refractivity contribution in [2.24, 2.45) is 0 Å². The maximum absolute atomic E-state index is 13.0. The van der Waals surface area contributed by atoms with Crippen LogP contribution in [0, 0.1) is 18.6 Å². The van der Waals surface area contributed by atoms with Crippen LogP contribution in [0.4, 0.5) is 8.78 Å². The Bertz CT molecular complexity index is 475. The fourth-order valence-electron chi connectivity index (χ4n) is 1.61. The van der Waals surface area contributed by atoms with E-state index in [1.807, 2.05) is 31.2 Å². The molecule has 3 heteroatoms. The lowest BCUT2D eigenvalue weighted by molar-refractivity contribution is 0.399. The minimum absolute atomic E-state index is 0.548. The molecule has 0 saturated carbocycles. The fourth-order valence-corrected chi connectivity index (χ4v) is 1.61. The van der Waals surface area contributed by atoms with Gasteiger partial charge in [-0.05, 0) is 35.7 Å². The Morgan fingerprint density at radius 2 is 1.41 bits per heavy atom. The van der Waals surface area contributed by atoms with Crippen molar-refractivity contribution in [1.82, 2.24) is 0 Å². The number of aryl methyl sites for hydroxylation is 1. The second-order valence-corrected chi connectivity index (χ2v) is 3.47. The molecule has 0 aliphatic carbocycles. The zero-order valence-electron chi connectivity index (χ0n) is 9.74. The molecule has 0 aliphatic rings. The molecule has 0 aromatic heterocycles. The highest BCUT2D eigenvalue weighted by Crippen LogP contribution is 2.24. The highest BCUT2D eigenvalue weighted by molar-refractivity contribution is 5.67. The Morgan fingerprint density at radius 1 is 0.882 bits per heavy atom. The van der Waals surface area contributed by atoms with Gasteiger partial charge in [0.1, 0.15) is 11.6 Å². The van der Waals surface area contributed by atoms with Crippen molar-refractivity contribution >= 4 is 0 Å². The quantitative estimate of drug-likeness (QED) is 0.802. The summed E-state index contributed by atoms with van der Waals surface area (Å²) in [5, 5.41) is 7.00. The molecule has 2 rings (SSSR count). The predicted molar refractivity (Wildman–Crippen MR) is 64.7 cm³/mol. The van der Waals surface area contributed by atoms with E-state index in [-0.39, 0.29) is 0 Å². The van der Waals surface area contributed by atoms with Gasteiger partial charge in [-0.3, -0.25) is 0 Å². The average Bonchev–Trinajstić information content (AvgIpc) is 2.31. The summed E-state index contributed by atoms with van der Waals surface area (Å²) in [6.45, 7) is 1.91. The second-order valence-electron chi connectivity index (χ2n) is 3.47. The number of aliphatic hydroxyl groups is 1. The molecule has 2 aromatic carbocycles. The number of hydrogen-bond donors (Lipinski definition) is 1. The molecule has 90 valence electrons. The van der Waals surface area contributed by atoms with Gasteiger partial charge in [-0.15, -0.1) is 0 Å². The monoisotopic (exact) mass is 236 g/mol. The number of hydrogen-bond acceptors (Lipinski definition) is 1. The first kappa shape index (κ1) is 13.3. The third-order valence-corrected chi connectivity index (χ3v) is 2.32. The van der Waals surface area contributed by atoms with Crippen molar-refractivity contribution < 1.29 is 13.9 Å². The molecule has 0 unspecified atom stereocenters. The van der Waals surface area contributed by atoms with Crippen LogP contribution in [0.5, 0.6) is 0 Å². The molecule has 0 spiro atoms. The van der Waals surface area contributed by atoms with E-state index in [2.05, 4.69) is 0 Å². The van der Waals surface area contributed by atoms with Crippen molar-refractivity contribution in [1.29, 1.82) is 0 Å². The SMILES string of the molecule is CO.Cc1ccccc1-c1cc(F)cc(F)c1. The van der Waals surface area contributed by atoms with Gasteiger partial charge in [-0.2, -0.15) is 0 Å². The Balaban J connectivity index is 0.000000686. The summed E-state index contributed by atoms with van der Waals surface area (Å²) in [4.78, 5) is 0. The Morgan fingerprint density at radius 3 is 1.94 bits per heavy atom. The summed E-state index contributed by atoms with van der Waals surface area (Å²) in [5.74, 6) is -1.10. The van der Waals surface area contributed by atoms with E-state index < -0.39 is 11.6 Å². The standard InChI is InChI=1S/C13H10F2.CH4O/c1-9-4-2-3-5-13(9)10-6-11(14)8-12(15)7-10;1-2/h2-8H,1H3;2H,1H3. The van der Waals surface area contributed by atoms with Gasteiger partial charge in [0.15, 0.2) is 0 Å². The molecule has 0 bridgehead atoms. The van der Waals surface area contributed by atoms with Crippen LogP contribution >= 0.6 is 0 Å². The van der Waals surface area contributed by atoms with Crippen LogP contribution in [0.15, 0.2) is 42.5 Å². The average molecular weight is 236 g/mol. The largest absolute Gasteiger partial charge is 0.400 e. The summed E-state index contributed by atoms with van der Waals surface area (Å²) in [6, 6.07) is 11.1. The van der Waals surface area contributed by atoms with Gasteiger partial charge in [0.2, 0.25) is 0 Å². The minimum Gasteiger partial charge on any atom is -0.400 e. The van der Waals surface area contributed by atoms with Crippen LogP contribution in [0.2, 0.25) is 0 Å². The number of benzene rings is 2. The highest BCUT2D eigenvalue weighted by atomic mass is 19.1. The van der Waals surface area contributed by atoms with Crippen molar-refractivity contribution in [3.63, 3.8) is 0 Å². The summed E-state index contributed by atoms with van der Waals surface area (Å²) < 4.78 is 26.0. The van der Waals surface area contributed by atoms with Gasteiger partial charge in [-0.1, -0.05) is 24.3 Å². The number of rotatable bonds is 1. The molecule has 0 saturated heterocycles. The second kappa shape index (κ2) is 6.11. The van der Waals surface area contributed by atoms with E-state index in [1.54, 1.807) is 0 Å². The van der Waals surface area contributed by atoms with E-state index in [0.717, 1.165) is 24.3 Å². The summed E-state index contributed by atoms with van der Waals surface area (Å²) in [6.07, 6.45) is 0. The Kier molecular flexibility index (Phi) is 4.79. The zero-order chi connectivity index (χ0) is 12.8. The van der Waals surface area contributed by atoms with Crippen molar-refractivity contribution in [2.75, 3.05) is 7.11 Å². The molecule has 0 heterocycles. The Labute approximate surface area is 99.3 Å². The van der Waals surface area contributed by atoms with Crippen LogP contribution in [0.1, 0.15) is 5.56 Å². The molecule has 0 atom stereocenters. The lowest BCUT2D eigenvalue weighted by Gasteiger charge is -2.05. The van der Waals surface area contributed by atoms with Crippen LogP contribution in [-0.4, -0.2) is 12.2 Å². The maximum atomic E-state index is 13.0. The normalized spacial score (nSPS) is 9.47. The van der Waals surface area contributed by atoms with Gasteiger partial charge in [0, 0.05) is 13.2 Å². The molecule has 1 N–H and O–H groups in total. The molecule has 0 radical (unpaired) electrons. The van der Waals surface area contributed by atoms with Crippen LogP contribution in [-0.2, 0) is 0 Å². The van der Waals surface area contributed by atoms with Crippen LogP contribution < -0.4 is 0 Å². The van der Waals surface area contributed by atoms with Crippen LogP contribution in [0.3, 0.4) is 0 Å². The van der Waals surface area contributed by atoms with Gasteiger partial charge in [-0.25, -0.2) is 8.78 Å². The molecule has 0 amide bonds. The van der Waals surface area contributed by atoms with E-state index in [1.165, 1.54) is 12.1 Å². The molecule has 17 heavy (non-hydrogen) atoms. The van der Waals surface area contributed by atoms with Gasteiger partial charge in [0.25, 0.3) is 0 Å². The molecule has 2 aromatic rings. The van der Waals surface area contributed by atoms with E-state index in [9.17, 15) is 8.78 Å². The van der Waals surface area contributed by atoms with E-state index >= 15 is 0 Å². The summed E-state index contributed by atoms with van der Waals surface area (Å²) in [7, 11) is 1.00. The third kappa shape index (κ3) is 3.36. The number of aliphatic hydroxyl groups excluding tert-OH is 1. The summed E-state index contributed by atoms with van der Waals surface area (Å²) >= 11 is 0. The first-order valence-corrected chi connectivity index (χ1v) is 5.13. The van der Waals surface area contributed by atoms with Crippen molar-refractivity contribution in [3.05, 3.63) is 59.7 Å². The predicted octanol–water partition coefficient (Wildman–Crippen LogP) is 3.55. The van der Waals surface area contributed by atoms with Crippen molar-refractivity contribution in [2.45, 2.75) is 6.92 Å². The maximum Gasteiger partial charge on any atom is 0.126 e. The smallest absolute Gasteiger partial charge is 0.126 e. The third-order valence-electron chi connectivity index (χ3n) is 2.32. The Hall–Kier alpha value is -1.74. The molecule has 0 aliphatic heterocycles. The van der Waals surface area contributed by atoms with Gasteiger partial charge < -0.3 is 5.11 Å². The van der Waals surface area contributed by atoms with E-state index in [0.29, 0.717) is 5.56 Å². The minimum atomic E-state index is -0.548. The van der Waals surface area contributed by atoms with Crippen molar-refractivity contribution in [3.8, 4) is 11.1 Å². The molecular formula is C14H14F2O. The molecule has 0 fully saturated rings. The topological polar surface area (TPSA) is 20.2 Å². The lowest BCUT2D eigenvalue weighted by Crippen LogP contribution is -1.86. The molecule has 1 nitrogen and oxygen atoms in total. The molecular weight excluding hydrogens is 222 g/mol. The van der Waals surface area contributed by atoms with E-state index in [4.69, 9.17) is 5.11 Å².